The Hall–Kier alpha value is -10.8. The van der Waals surface area contributed by atoms with Gasteiger partial charge in [0.15, 0.2) is 0 Å². The van der Waals surface area contributed by atoms with Crippen LogP contribution in [0.15, 0.2) is 168 Å². The van der Waals surface area contributed by atoms with Crippen molar-refractivity contribution in [3.05, 3.63) is 207 Å². The molecule has 0 saturated carbocycles. The van der Waals surface area contributed by atoms with E-state index < -0.39 is 48.2 Å². The van der Waals surface area contributed by atoms with Gasteiger partial charge in [-0.05, 0) is 140 Å². The number of piperazine rings is 1. The van der Waals surface area contributed by atoms with E-state index in [0.29, 0.717) is 119 Å². The zero-order valence-corrected chi connectivity index (χ0v) is 67.1. The van der Waals surface area contributed by atoms with E-state index >= 15 is 0 Å². The average molecular weight is 1620 g/mol. The van der Waals surface area contributed by atoms with E-state index in [1.807, 2.05) is 105 Å². The molecule has 600 valence electrons. The Labute approximate surface area is 680 Å². The summed E-state index contributed by atoms with van der Waals surface area (Å²) in [4.78, 5) is 138. The van der Waals surface area contributed by atoms with Crippen LogP contribution in [0.3, 0.4) is 0 Å². The van der Waals surface area contributed by atoms with Crippen molar-refractivity contribution in [3.63, 3.8) is 0 Å². The summed E-state index contributed by atoms with van der Waals surface area (Å²) < 4.78 is 18.1. The highest BCUT2D eigenvalue weighted by molar-refractivity contribution is 8.06. The van der Waals surface area contributed by atoms with Gasteiger partial charge in [-0.25, -0.2) is 24.4 Å². The number of nitrogens with one attached hydrogen (secondary N) is 7. The number of alkyl halides is 1. The number of ether oxygens (including phenoxy) is 3. The Balaban J connectivity index is 0.582. The summed E-state index contributed by atoms with van der Waals surface area (Å²) in [6.45, 7) is 11.1. The Bertz CT molecular complexity index is 5100. The number of likely N-dealkylation sites (N-methyl/N-ethyl adjacent to an activating group) is 2. The first-order valence-electron chi connectivity index (χ1n) is 38.9. The predicted molar refractivity (Wildman–Crippen MR) is 451 cm³/mol. The van der Waals surface area contributed by atoms with Crippen molar-refractivity contribution in [2.45, 2.75) is 81.3 Å². The van der Waals surface area contributed by atoms with Crippen LogP contribution in [0.5, 0.6) is 5.75 Å². The number of anilines is 4. The van der Waals surface area contributed by atoms with Crippen LogP contribution in [0.2, 0.25) is 0 Å². The van der Waals surface area contributed by atoms with Crippen LogP contribution in [0.4, 0.5) is 37.1 Å². The van der Waals surface area contributed by atoms with Crippen LogP contribution in [0.1, 0.15) is 92.7 Å². The number of morpholine rings is 1. The van der Waals surface area contributed by atoms with Crippen LogP contribution in [-0.4, -0.2) is 218 Å². The molecule has 3 saturated heterocycles. The maximum atomic E-state index is 15.0. The number of H-pyrrole nitrogens is 1. The number of urea groups is 1. The summed E-state index contributed by atoms with van der Waals surface area (Å²) in [5.41, 5.74) is 14.5. The number of amides is 9. The summed E-state index contributed by atoms with van der Waals surface area (Å²) in [6.07, 6.45) is 12.0. The van der Waals surface area contributed by atoms with E-state index in [0.717, 1.165) is 59.6 Å². The number of aromatic amines is 1. The van der Waals surface area contributed by atoms with Crippen LogP contribution in [0.25, 0.3) is 32.7 Å². The molecule has 27 nitrogen and oxygen atoms in total. The molecule has 0 spiro atoms. The fraction of sp³-hybridized carbons (Fsp3) is 0.365. The van der Waals surface area contributed by atoms with Crippen molar-refractivity contribution in [1.82, 2.24) is 55.8 Å². The van der Waals surface area contributed by atoms with Gasteiger partial charge in [0, 0.05) is 175 Å². The molecule has 115 heavy (non-hydrogen) atoms. The third-order valence-electron chi connectivity index (χ3n) is 21.6. The van der Waals surface area contributed by atoms with Gasteiger partial charge in [-0.3, -0.25) is 28.9 Å². The Kier molecular flexibility index (Phi) is 26.1. The number of aromatic nitrogens is 3. The van der Waals surface area contributed by atoms with Gasteiger partial charge in [0.1, 0.15) is 24.1 Å². The summed E-state index contributed by atoms with van der Waals surface area (Å²) in [7, 11) is 3.73. The molecular weight excluding hydrogens is 1520 g/mol. The zero-order valence-electron chi connectivity index (χ0n) is 64.7. The molecule has 0 unspecified atom stereocenters. The maximum Gasteiger partial charge on any atom is 0.415 e. The lowest BCUT2D eigenvalue weighted by Crippen LogP contribution is -2.54. The quantitative estimate of drug-likeness (QED) is 0.0195. The fourth-order valence-electron chi connectivity index (χ4n) is 15.4. The van der Waals surface area contributed by atoms with Crippen molar-refractivity contribution in [2.24, 2.45) is 11.7 Å². The molecule has 5 atom stereocenters. The average Bonchev–Trinajstić information content (AvgIpc) is 1.58. The summed E-state index contributed by atoms with van der Waals surface area (Å²) in [5.74, 6) is -0.534. The number of nitrogens with zero attached hydrogens (tertiary/aromatic N) is 8. The van der Waals surface area contributed by atoms with Gasteiger partial charge < -0.3 is 81.3 Å². The number of benzene rings is 6. The highest BCUT2D eigenvalue weighted by atomic mass is 35.5. The SMILES string of the molecule is CC(C)[C@@H](NCCNC(=O)c1ccc2nc3c(nc2c1)CSC1=C(/C=C\C=C\C=C1)SC3)C(=O)N[C@H](CCCNC(N)=O)C(=O)Nc1ccc(COC(=O)N(C)C[C@@H]2C[C@@H](N3CCOCC3)CN2C(=O)Oc2cc3c(c4ccccc24)[C@H](CCl)CN3C(=O)c2cc3cc(NC(=O)c4ccc(N5CCN(C)CC5)cc4)ccc3[nH]2)cc1. The van der Waals surface area contributed by atoms with Crippen LogP contribution < -0.4 is 52.2 Å². The third kappa shape index (κ3) is 19.6. The minimum absolute atomic E-state index is 0.0709. The number of carbonyl (C=O) groups excluding carboxylic acids is 8. The molecule has 6 aromatic carbocycles. The first kappa shape index (κ1) is 80.8. The second-order valence-corrected chi connectivity index (χ2v) is 32.2. The smallest absolute Gasteiger partial charge is 0.415 e. The first-order chi connectivity index (χ1) is 55.8. The van der Waals surface area contributed by atoms with E-state index in [1.54, 1.807) is 95.0 Å². The minimum atomic E-state index is -1.04. The number of likely N-dealkylation sites (tertiary alicyclic amines) is 1. The number of primary amides is 1. The largest absolute Gasteiger partial charge is 0.445 e. The van der Waals surface area contributed by atoms with E-state index in [2.05, 4.69) is 70.8 Å². The third-order valence-corrected chi connectivity index (χ3v) is 24.3. The number of hydrogen-bond donors (Lipinski definition) is 8. The highest BCUT2D eigenvalue weighted by Crippen LogP contribution is 2.47. The number of thioether (sulfide) groups is 2. The van der Waals surface area contributed by atoms with Crippen molar-refractivity contribution in [3.8, 4) is 5.75 Å². The lowest BCUT2D eigenvalue weighted by atomic mass is 9.95. The van der Waals surface area contributed by atoms with Gasteiger partial charge in [-0.2, -0.15) is 0 Å². The molecule has 30 heteroatoms. The monoisotopic (exact) mass is 1610 g/mol. The maximum absolute atomic E-state index is 15.0. The molecular formula is C85H95ClN16O11S2. The highest BCUT2D eigenvalue weighted by Gasteiger charge is 2.42. The van der Waals surface area contributed by atoms with Crippen molar-refractivity contribution in [2.75, 3.05) is 132 Å². The van der Waals surface area contributed by atoms with E-state index in [4.69, 9.17) is 41.5 Å². The van der Waals surface area contributed by atoms with Gasteiger partial charge in [0.05, 0.1) is 53.4 Å². The van der Waals surface area contributed by atoms with Crippen molar-refractivity contribution < 1.29 is 52.6 Å². The normalized spacial score (nSPS) is 18.8. The fourth-order valence-corrected chi connectivity index (χ4v) is 17.8. The van der Waals surface area contributed by atoms with Gasteiger partial charge >= 0.3 is 18.2 Å². The number of allylic oxidation sites excluding steroid dienone is 6. The number of rotatable bonds is 25. The number of carbonyl (C=O) groups is 8. The molecule has 7 heterocycles. The van der Waals surface area contributed by atoms with Crippen molar-refractivity contribution >= 4 is 138 Å². The molecule has 0 radical (unpaired) electrons. The number of hydrogen-bond acceptors (Lipinski definition) is 19. The molecule has 9 N–H and O–H groups in total. The summed E-state index contributed by atoms with van der Waals surface area (Å²) in [5, 5.41) is 19.8. The molecule has 0 bridgehead atoms. The lowest BCUT2D eigenvalue weighted by Gasteiger charge is -2.34. The van der Waals surface area contributed by atoms with E-state index in [-0.39, 0.29) is 93.0 Å². The number of nitrogens with two attached hydrogens (primary N) is 1. The van der Waals surface area contributed by atoms with Crippen LogP contribution in [0, 0.1) is 5.92 Å². The molecule has 5 aliphatic heterocycles. The van der Waals surface area contributed by atoms with Crippen LogP contribution >= 0.6 is 35.1 Å². The Morgan fingerprint density at radius 3 is 2.14 bits per heavy atom. The molecule has 3 fully saturated rings. The molecule has 9 amide bonds. The van der Waals surface area contributed by atoms with E-state index in [1.165, 1.54) is 14.7 Å². The minimum Gasteiger partial charge on any atom is -0.445 e. The standard InChI is InChI=1S/C85H95ClN16O11S2/c1-52(2)77(88-30-31-89-78(103)55-21-27-66-68(41-55)95-71-51-115-75-16-8-6-5-7-15-74(75)114-50-70(71)94-66)81(106)96-67(14-11-29-90-83(87)108)80(105)91-58-22-17-53(18-23-58)49-112-84(109)98(4)47-62-43-61(100-36-38-111-39-37-100)48-101(62)85(110)113-73-44-72-76(64-13-10-9-12-63(64)73)57(45-86)46-102(72)82(107)69-42-56-40-59(24-28-65(56)93-69)92-79(104)54-19-25-60(26-20-54)99-34-32-97(3)33-35-99/h5-10,12-13,15-28,40-42,44,52,57,61-62,67,77,88,93H,11,14,29-39,43,45-51H2,1-4H3,(H,89,103)(H,91,105)(H,92,104)(H,96,106)(H3,87,90,108)/b6-5+,7-5?,8-6?,15-7-,16-8?,74-15?,75-16?,75-74?/t57-,61-,62+,67-,77-/m1/s1. The van der Waals surface area contributed by atoms with Crippen LogP contribution in [-0.2, 0) is 37.2 Å². The first-order valence-corrected chi connectivity index (χ1v) is 41.4. The van der Waals surface area contributed by atoms with Gasteiger partial charge in [0.25, 0.3) is 17.7 Å². The predicted octanol–water partition coefficient (Wildman–Crippen LogP) is 11.1. The molecule has 1 aliphatic carbocycles. The van der Waals surface area contributed by atoms with E-state index in [9.17, 15) is 38.4 Å². The lowest BCUT2D eigenvalue weighted by molar-refractivity contribution is -0.128. The zero-order chi connectivity index (χ0) is 80.2. The molecule has 2 aromatic heterocycles. The molecule has 8 aromatic rings. The Morgan fingerprint density at radius 2 is 1.43 bits per heavy atom. The Morgan fingerprint density at radius 1 is 0.722 bits per heavy atom. The number of halogens is 1. The van der Waals surface area contributed by atoms with Gasteiger partial charge in [-0.15, -0.1) is 35.1 Å². The molecule has 14 rings (SSSR count). The summed E-state index contributed by atoms with van der Waals surface area (Å²) >= 11 is 10.2. The van der Waals surface area contributed by atoms with Gasteiger partial charge in [-0.1, -0.05) is 74.5 Å². The summed E-state index contributed by atoms with van der Waals surface area (Å²) in [6, 6.07) is 33.1. The van der Waals surface area contributed by atoms with Crippen molar-refractivity contribution in [1.29, 1.82) is 0 Å². The molecule has 6 aliphatic rings. The second-order valence-electron chi connectivity index (χ2n) is 29.9. The topological polar surface area (TPSA) is 323 Å². The second kappa shape index (κ2) is 37.2. The number of fused-ring (bicyclic) bond motifs is 6. The van der Waals surface area contributed by atoms with Gasteiger partial charge in [0.2, 0.25) is 11.8 Å².